The largest absolute Gasteiger partial charge is 0.346 e. The first kappa shape index (κ1) is 15.7. The second-order valence-corrected chi connectivity index (χ2v) is 6.47. The number of rotatable bonds is 6. The van der Waals surface area contributed by atoms with Gasteiger partial charge in [0, 0.05) is 30.8 Å². The summed E-state index contributed by atoms with van der Waals surface area (Å²) in [5.74, 6) is 0.823. The molecular formula is C18H22FN3O. The molecule has 23 heavy (non-hydrogen) atoms. The molecule has 122 valence electrons. The summed E-state index contributed by atoms with van der Waals surface area (Å²) >= 11 is 0. The van der Waals surface area contributed by atoms with Crippen LogP contribution < -0.4 is 0 Å². The van der Waals surface area contributed by atoms with Crippen molar-refractivity contribution in [2.24, 2.45) is 11.8 Å². The average Bonchev–Trinajstić information content (AvgIpc) is 3.08. The number of aromatic nitrogens is 2. The third-order valence-electron chi connectivity index (χ3n) is 4.51. The van der Waals surface area contributed by atoms with Crippen molar-refractivity contribution in [3.05, 3.63) is 41.8 Å². The Morgan fingerprint density at radius 1 is 1.39 bits per heavy atom. The molecule has 1 saturated carbocycles. The fraction of sp³-hybridized carbons (Fsp3) is 0.444. The van der Waals surface area contributed by atoms with Gasteiger partial charge in [-0.15, -0.1) is 0 Å². The summed E-state index contributed by atoms with van der Waals surface area (Å²) in [6, 6.07) is 8.29. The number of aromatic amines is 1. The minimum Gasteiger partial charge on any atom is -0.346 e. The van der Waals surface area contributed by atoms with Crippen LogP contribution >= 0.6 is 0 Å². The lowest BCUT2D eigenvalue weighted by Crippen LogP contribution is -2.29. The molecule has 2 aromatic rings. The number of carbonyl (C=O) groups is 1. The molecule has 4 nitrogen and oxygen atoms in total. The van der Waals surface area contributed by atoms with Crippen LogP contribution in [-0.4, -0.2) is 34.6 Å². The highest BCUT2D eigenvalue weighted by Crippen LogP contribution is 2.38. The molecule has 5 heteroatoms. The van der Waals surface area contributed by atoms with Crippen molar-refractivity contribution in [2.45, 2.75) is 26.2 Å². The average molecular weight is 315 g/mol. The highest BCUT2D eigenvalue weighted by atomic mass is 19.1. The van der Waals surface area contributed by atoms with E-state index in [1.165, 1.54) is 12.1 Å². The zero-order valence-corrected chi connectivity index (χ0v) is 13.6. The van der Waals surface area contributed by atoms with Gasteiger partial charge in [0.1, 0.15) is 5.82 Å². The van der Waals surface area contributed by atoms with Crippen LogP contribution in [0.25, 0.3) is 11.3 Å². The third kappa shape index (κ3) is 3.78. The monoisotopic (exact) mass is 315 g/mol. The molecule has 1 aliphatic rings. The molecule has 0 radical (unpaired) electrons. The number of nitrogens with zero attached hydrogens (tertiary/aromatic N) is 2. The molecule has 2 atom stereocenters. The number of benzene rings is 1. The molecule has 1 aliphatic carbocycles. The molecule has 1 N–H and O–H groups in total. The minimum absolute atomic E-state index is 0.247. The number of hydrogen-bond acceptors (Lipinski definition) is 2. The Bertz CT molecular complexity index is 680. The third-order valence-corrected chi connectivity index (χ3v) is 4.51. The van der Waals surface area contributed by atoms with E-state index in [4.69, 9.17) is 0 Å². The molecule has 0 saturated heterocycles. The SMILES string of the molecule is CC1CC1C(=O)N(C)CCCc1cc(-c2ccc(F)cc2)n[nH]1. The maximum absolute atomic E-state index is 12.9. The number of hydrogen-bond donors (Lipinski definition) is 1. The van der Waals surface area contributed by atoms with Crippen molar-refractivity contribution in [1.82, 2.24) is 15.1 Å². The summed E-state index contributed by atoms with van der Waals surface area (Å²) in [4.78, 5) is 13.9. The van der Waals surface area contributed by atoms with E-state index in [0.717, 1.165) is 42.8 Å². The second-order valence-electron chi connectivity index (χ2n) is 6.47. The van der Waals surface area contributed by atoms with E-state index in [0.29, 0.717) is 5.92 Å². The van der Waals surface area contributed by atoms with Crippen LogP contribution in [0.4, 0.5) is 4.39 Å². The van der Waals surface area contributed by atoms with Crippen LogP contribution in [0.3, 0.4) is 0 Å². The molecule has 0 spiro atoms. The Kier molecular flexibility index (Phi) is 4.46. The van der Waals surface area contributed by atoms with Crippen LogP contribution in [0.15, 0.2) is 30.3 Å². The molecule has 0 aliphatic heterocycles. The van der Waals surface area contributed by atoms with Crippen LogP contribution in [0, 0.1) is 17.7 Å². The van der Waals surface area contributed by atoms with Gasteiger partial charge in [0.25, 0.3) is 0 Å². The summed E-state index contributed by atoms with van der Waals surface area (Å²) in [7, 11) is 1.88. The highest BCUT2D eigenvalue weighted by molar-refractivity contribution is 5.81. The number of amides is 1. The van der Waals surface area contributed by atoms with Gasteiger partial charge in [0.05, 0.1) is 5.69 Å². The predicted molar refractivity (Wildman–Crippen MR) is 87.2 cm³/mol. The fourth-order valence-electron chi connectivity index (χ4n) is 2.82. The Labute approximate surface area is 135 Å². The predicted octanol–water partition coefficient (Wildman–Crippen LogP) is 3.26. The van der Waals surface area contributed by atoms with Gasteiger partial charge in [-0.1, -0.05) is 6.92 Å². The zero-order chi connectivity index (χ0) is 16.4. The normalized spacial score (nSPS) is 19.6. The molecule has 1 aromatic heterocycles. The highest BCUT2D eigenvalue weighted by Gasteiger charge is 2.40. The first-order valence-electron chi connectivity index (χ1n) is 8.10. The first-order chi connectivity index (χ1) is 11.0. The van der Waals surface area contributed by atoms with Crippen molar-refractivity contribution in [1.29, 1.82) is 0 Å². The van der Waals surface area contributed by atoms with Crippen molar-refractivity contribution in [2.75, 3.05) is 13.6 Å². The van der Waals surface area contributed by atoms with E-state index in [1.54, 1.807) is 12.1 Å². The summed E-state index contributed by atoms with van der Waals surface area (Å²) < 4.78 is 12.9. The molecule has 1 aromatic carbocycles. The van der Waals surface area contributed by atoms with Gasteiger partial charge < -0.3 is 4.90 Å². The quantitative estimate of drug-likeness (QED) is 0.889. The van der Waals surface area contributed by atoms with Crippen molar-refractivity contribution in [3.8, 4) is 11.3 Å². The van der Waals surface area contributed by atoms with Gasteiger partial charge in [-0.3, -0.25) is 9.89 Å². The van der Waals surface area contributed by atoms with Gasteiger partial charge in [-0.05, 0) is 55.5 Å². The van der Waals surface area contributed by atoms with E-state index in [2.05, 4.69) is 17.1 Å². The number of halogens is 1. The number of H-pyrrole nitrogens is 1. The molecule has 1 heterocycles. The van der Waals surface area contributed by atoms with Gasteiger partial charge in [-0.2, -0.15) is 5.10 Å². The first-order valence-corrected chi connectivity index (χ1v) is 8.10. The van der Waals surface area contributed by atoms with E-state index < -0.39 is 0 Å². The topological polar surface area (TPSA) is 49.0 Å². The molecule has 3 rings (SSSR count). The Hall–Kier alpha value is -2.17. The number of nitrogens with one attached hydrogen (secondary N) is 1. The van der Waals surface area contributed by atoms with E-state index in [-0.39, 0.29) is 17.6 Å². The Morgan fingerprint density at radius 3 is 2.74 bits per heavy atom. The van der Waals surface area contributed by atoms with E-state index >= 15 is 0 Å². The smallest absolute Gasteiger partial charge is 0.225 e. The summed E-state index contributed by atoms with van der Waals surface area (Å²) in [5.41, 5.74) is 2.74. The zero-order valence-electron chi connectivity index (χ0n) is 13.6. The second kappa shape index (κ2) is 6.52. The summed E-state index contributed by atoms with van der Waals surface area (Å²) in [6.07, 6.45) is 2.77. The molecule has 1 amide bonds. The minimum atomic E-state index is -0.248. The maximum atomic E-state index is 12.9. The van der Waals surface area contributed by atoms with Crippen LogP contribution in [-0.2, 0) is 11.2 Å². The van der Waals surface area contributed by atoms with Gasteiger partial charge in [-0.25, -0.2) is 4.39 Å². The van der Waals surface area contributed by atoms with Crippen LogP contribution in [0.1, 0.15) is 25.5 Å². The Balaban J connectivity index is 1.49. The summed E-state index contributed by atoms with van der Waals surface area (Å²) in [6.45, 7) is 2.88. The van der Waals surface area contributed by atoms with Gasteiger partial charge in [0.2, 0.25) is 5.91 Å². The lowest BCUT2D eigenvalue weighted by Gasteiger charge is -2.16. The maximum Gasteiger partial charge on any atom is 0.225 e. The Morgan fingerprint density at radius 2 is 2.09 bits per heavy atom. The van der Waals surface area contributed by atoms with Crippen molar-refractivity contribution >= 4 is 5.91 Å². The van der Waals surface area contributed by atoms with Gasteiger partial charge >= 0.3 is 0 Å². The molecular weight excluding hydrogens is 293 g/mol. The fourth-order valence-corrected chi connectivity index (χ4v) is 2.82. The molecule has 2 unspecified atom stereocenters. The summed E-state index contributed by atoms with van der Waals surface area (Å²) in [5, 5.41) is 7.29. The lowest BCUT2D eigenvalue weighted by molar-refractivity contribution is -0.131. The van der Waals surface area contributed by atoms with Crippen molar-refractivity contribution < 1.29 is 9.18 Å². The molecule has 1 fully saturated rings. The van der Waals surface area contributed by atoms with E-state index in [1.807, 2.05) is 18.0 Å². The standard InChI is InChI=1S/C18H22FN3O/c1-12-10-16(12)18(23)22(2)9-3-4-15-11-17(21-20-15)13-5-7-14(19)8-6-13/h5-8,11-12,16H,3-4,9-10H2,1-2H3,(H,20,21). The molecule has 0 bridgehead atoms. The number of aryl methyl sites for hydroxylation is 1. The van der Waals surface area contributed by atoms with Gasteiger partial charge in [0.15, 0.2) is 0 Å². The van der Waals surface area contributed by atoms with Crippen molar-refractivity contribution in [3.63, 3.8) is 0 Å². The van der Waals surface area contributed by atoms with E-state index in [9.17, 15) is 9.18 Å². The van der Waals surface area contributed by atoms with Crippen LogP contribution in [0.5, 0.6) is 0 Å². The van der Waals surface area contributed by atoms with Crippen LogP contribution in [0.2, 0.25) is 0 Å². The lowest BCUT2D eigenvalue weighted by atomic mass is 10.1. The number of carbonyl (C=O) groups excluding carboxylic acids is 1.